The molecule has 1 amide bonds. The number of aryl methyl sites for hydroxylation is 1. The molecule has 1 saturated heterocycles. The van der Waals surface area contributed by atoms with Gasteiger partial charge in [-0.25, -0.2) is 0 Å². The summed E-state index contributed by atoms with van der Waals surface area (Å²) in [4.78, 5) is 30.6. The molecule has 0 spiro atoms. The summed E-state index contributed by atoms with van der Waals surface area (Å²) in [6.07, 6.45) is 2.41. The molecule has 1 aliphatic heterocycles. The van der Waals surface area contributed by atoms with Crippen LogP contribution >= 0.6 is 11.6 Å². The van der Waals surface area contributed by atoms with Gasteiger partial charge < -0.3 is 9.88 Å². The maximum atomic E-state index is 12.8. The maximum Gasteiger partial charge on any atom is 0.223 e. The minimum absolute atomic E-state index is 0.0318. The van der Waals surface area contributed by atoms with Crippen LogP contribution in [0, 0.1) is 6.92 Å². The highest BCUT2D eigenvalue weighted by molar-refractivity contribution is 6.30. The number of benzene rings is 2. The standard InChI is InChI=1S/C24H25ClN2O2/c1-16-24(20-4-2-3-5-21(20)26-16)22(28)10-11-23(29)27-14-12-18(13-15-27)17-6-8-19(25)9-7-17/h2-9,18,26H,10-15H2,1H3. The van der Waals surface area contributed by atoms with Crippen LogP contribution in [0.3, 0.4) is 0 Å². The summed E-state index contributed by atoms with van der Waals surface area (Å²) in [6, 6.07) is 15.8. The van der Waals surface area contributed by atoms with E-state index in [-0.39, 0.29) is 24.5 Å². The molecule has 0 aliphatic carbocycles. The van der Waals surface area contributed by atoms with E-state index >= 15 is 0 Å². The molecule has 0 saturated carbocycles. The lowest BCUT2D eigenvalue weighted by Crippen LogP contribution is -2.38. The van der Waals surface area contributed by atoms with Crippen molar-refractivity contribution in [1.82, 2.24) is 9.88 Å². The molecule has 2 heterocycles. The Morgan fingerprint density at radius 2 is 1.72 bits per heavy atom. The molecule has 2 aromatic carbocycles. The van der Waals surface area contributed by atoms with Gasteiger partial charge in [0.25, 0.3) is 0 Å². The Kier molecular flexibility index (Phi) is 5.72. The Bertz CT molecular complexity index is 1030. The highest BCUT2D eigenvalue weighted by atomic mass is 35.5. The SMILES string of the molecule is Cc1[nH]c2ccccc2c1C(=O)CCC(=O)N1CCC(c2ccc(Cl)cc2)CC1. The average molecular weight is 409 g/mol. The van der Waals surface area contributed by atoms with Crippen LogP contribution in [0.4, 0.5) is 0 Å². The number of para-hydroxylation sites is 1. The summed E-state index contributed by atoms with van der Waals surface area (Å²) in [7, 11) is 0. The third-order valence-corrected chi connectivity index (χ3v) is 6.18. The molecule has 1 N–H and O–H groups in total. The number of nitrogens with one attached hydrogen (secondary N) is 1. The number of ketones is 1. The van der Waals surface area contributed by atoms with Crippen LogP contribution in [-0.2, 0) is 4.79 Å². The summed E-state index contributed by atoms with van der Waals surface area (Å²) in [6.45, 7) is 3.40. The molecule has 1 fully saturated rings. The van der Waals surface area contributed by atoms with E-state index < -0.39 is 0 Å². The number of hydrogen-bond acceptors (Lipinski definition) is 2. The number of likely N-dealkylation sites (tertiary alicyclic amines) is 1. The zero-order valence-corrected chi connectivity index (χ0v) is 17.3. The third kappa shape index (κ3) is 4.23. The minimum Gasteiger partial charge on any atom is -0.358 e. The van der Waals surface area contributed by atoms with Crippen LogP contribution in [0.25, 0.3) is 10.9 Å². The molecule has 4 rings (SSSR count). The molecule has 1 aromatic heterocycles. The van der Waals surface area contributed by atoms with E-state index in [0.29, 0.717) is 5.92 Å². The second-order valence-corrected chi connectivity index (χ2v) is 8.24. The Hall–Kier alpha value is -2.59. The summed E-state index contributed by atoms with van der Waals surface area (Å²) >= 11 is 5.97. The number of halogens is 1. The molecule has 3 aromatic rings. The largest absolute Gasteiger partial charge is 0.358 e. The number of H-pyrrole nitrogens is 1. The zero-order chi connectivity index (χ0) is 20.4. The molecule has 0 bridgehead atoms. The van der Waals surface area contributed by atoms with Crippen LogP contribution in [0.15, 0.2) is 48.5 Å². The topological polar surface area (TPSA) is 53.2 Å². The smallest absolute Gasteiger partial charge is 0.223 e. The van der Waals surface area contributed by atoms with E-state index in [9.17, 15) is 9.59 Å². The van der Waals surface area contributed by atoms with Gasteiger partial charge in [-0.3, -0.25) is 9.59 Å². The summed E-state index contributed by atoms with van der Waals surface area (Å²) < 4.78 is 0. The number of fused-ring (bicyclic) bond motifs is 1. The second-order valence-electron chi connectivity index (χ2n) is 7.80. The first kappa shape index (κ1) is 19.7. The fourth-order valence-electron chi connectivity index (χ4n) is 4.34. The van der Waals surface area contributed by atoms with E-state index in [1.165, 1.54) is 5.56 Å². The molecule has 1 aliphatic rings. The number of aromatic amines is 1. The van der Waals surface area contributed by atoms with Gasteiger partial charge in [-0.1, -0.05) is 41.9 Å². The van der Waals surface area contributed by atoms with Crippen molar-refractivity contribution in [2.45, 2.75) is 38.5 Å². The van der Waals surface area contributed by atoms with E-state index in [1.807, 2.05) is 48.2 Å². The minimum atomic E-state index is 0.0318. The Balaban J connectivity index is 1.32. The van der Waals surface area contributed by atoms with Gasteiger partial charge in [0.15, 0.2) is 5.78 Å². The van der Waals surface area contributed by atoms with Crippen LogP contribution in [0.5, 0.6) is 0 Å². The Morgan fingerprint density at radius 3 is 2.45 bits per heavy atom. The Labute approximate surface area is 175 Å². The lowest BCUT2D eigenvalue weighted by Gasteiger charge is -2.32. The molecular formula is C24H25ClN2O2. The second kappa shape index (κ2) is 8.42. The van der Waals surface area contributed by atoms with Gasteiger partial charge >= 0.3 is 0 Å². The quantitative estimate of drug-likeness (QED) is 0.567. The van der Waals surface area contributed by atoms with Gasteiger partial charge in [0.1, 0.15) is 0 Å². The van der Waals surface area contributed by atoms with Gasteiger partial charge in [0.2, 0.25) is 5.91 Å². The maximum absolute atomic E-state index is 12.8. The molecule has 29 heavy (non-hydrogen) atoms. The van der Waals surface area contributed by atoms with Crippen molar-refractivity contribution in [3.8, 4) is 0 Å². The van der Waals surface area contributed by atoms with E-state index in [4.69, 9.17) is 11.6 Å². The lowest BCUT2D eigenvalue weighted by atomic mass is 9.89. The molecule has 150 valence electrons. The fraction of sp³-hybridized carbons (Fsp3) is 0.333. The van der Waals surface area contributed by atoms with E-state index in [1.54, 1.807) is 0 Å². The van der Waals surface area contributed by atoms with Crippen LogP contribution in [-0.4, -0.2) is 34.7 Å². The predicted octanol–water partition coefficient (Wildman–Crippen LogP) is 5.50. The highest BCUT2D eigenvalue weighted by Crippen LogP contribution is 2.29. The van der Waals surface area contributed by atoms with Gasteiger partial charge in [0, 0.05) is 53.1 Å². The van der Waals surface area contributed by atoms with Crippen molar-refractivity contribution in [1.29, 1.82) is 0 Å². The predicted molar refractivity (Wildman–Crippen MR) is 117 cm³/mol. The van der Waals surface area contributed by atoms with Crippen molar-refractivity contribution in [3.63, 3.8) is 0 Å². The molecule has 4 nitrogen and oxygen atoms in total. The first-order valence-corrected chi connectivity index (χ1v) is 10.5. The van der Waals surface area contributed by atoms with Crippen molar-refractivity contribution in [2.75, 3.05) is 13.1 Å². The number of carbonyl (C=O) groups excluding carboxylic acids is 2. The van der Waals surface area contributed by atoms with Gasteiger partial charge in [-0.2, -0.15) is 0 Å². The zero-order valence-electron chi connectivity index (χ0n) is 16.6. The van der Waals surface area contributed by atoms with Crippen molar-refractivity contribution < 1.29 is 9.59 Å². The lowest BCUT2D eigenvalue weighted by molar-refractivity contribution is -0.132. The molecule has 5 heteroatoms. The fourth-order valence-corrected chi connectivity index (χ4v) is 4.46. The number of carbonyl (C=O) groups is 2. The first-order valence-electron chi connectivity index (χ1n) is 10.2. The monoisotopic (exact) mass is 408 g/mol. The normalized spacial score (nSPS) is 15.0. The number of aromatic nitrogens is 1. The van der Waals surface area contributed by atoms with Gasteiger partial charge in [0.05, 0.1) is 0 Å². The summed E-state index contributed by atoms with van der Waals surface area (Å²) in [5, 5.41) is 1.68. The van der Waals surface area contributed by atoms with Crippen molar-refractivity contribution >= 4 is 34.2 Å². The Morgan fingerprint density at radius 1 is 1.03 bits per heavy atom. The molecule has 0 atom stereocenters. The van der Waals surface area contributed by atoms with E-state index in [2.05, 4.69) is 17.1 Å². The van der Waals surface area contributed by atoms with Gasteiger partial charge in [-0.05, 0) is 49.4 Å². The van der Waals surface area contributed by atoms with Gasteiger partial charge in [-0.15, -0.1) is 0 Å². The number of hydrogen-bond donors (Lipinski definition) is 1. The summed E-state index contributed by atoms with van der Waals surface area (Å²) in [5.74, 6) is 0.571. The number of nitrogens with zero attached hydrogens (tertiary/aromatic N) is 1. The van der Waals surface area contributed by atoms with Crippen molar-refractivity contribution in [3.05, 3.63) is 70.4 Å². The number of Topliss-reactive ketones (excluding diaryl/α,β-unsaturated/α-hetero) is 1. The van der Waals surface area contributed by atoms with Crippen LogP contribution < -0.4 is 0 Å². The summed E-state index contributed by atoms with van der Waals surface area (Å²) in [5.41, 5.74) is 3.83. The molecular weight excluding hydrogens is 384 g/mol. The van der Waals surface area contributed by atoms with Crippen LogP contribution in [0.1, 0.15) is 53.2 Å². The number of rotatable bonds is 5. The highest BCUT2D eigenvalue weighted by Gasteiger charge is 2.25. The van der Waals surface area contributed by atoms with E-state index in [0.717, 1.165) is 53.1 Å². The number of amides is 1. The van der Waals surface area contributed by atoms with Crippen molar-refractivity contribution in [2.24, 2.45) is 0 Å². The molecule has 0 radical (unpaired) electrons. The molecule has 0 unspecified atom stereocenters. The third-order valence-electron chi connectivity index (χ3n) is 5.93. The first-order chi connectivity index (χ1) is 14.0. The average Bonchev–Trinajstić information content (AvgIpc) is 3.08. The van der Waals surface area contributed by atoms with Crippen LogP contribution in [0.2, 0.25) is 5.02 Å². The number of piperidine rings is 1.